The van der Waals surface area contributed by atoms with Gasteiger partial charge in [0.15, 0.2) is 0 Å². The molecule has 0 aromatic heterocycles. The van der Waals surface area contributed by atoms with Crippen molar-refractivity contribution in [3.63, 3.8) is 0 Å². The zero-order chi connectivity index (χ0) is 28.4. The van der Waals surface area contributed by atoms with Crippen LogP contribution in [0.1, 0.15) is 87.1 Å². The van der Waals surface area contributed by atoms with Gasteiger partial charge in [-0.15, -0.1) is 0 Å². The van der Waals surface area contributed by atoms with Crippen LogP contribution in [0.2, 0.25) is 0 Å². The number of rotatable bonds is 13. The number of nitrogens with zero attached hydrogens (tertiary/aromatic N) is 1. The minimum atomic E-state index is -0.0323. The maximum absolute atomic E-state index is 6.81. The van der Waals surface area contributed by atoms with Crippen LogP contribution in [0.25, 0.3) is 0 Å². The molecule has 40 heavy (non-hydrogen) atoms. The highest BCUT2D eigenvalue weighted by molar-refractivity contribution is 7.49. The van der Waals surface area contributed by atoms with Crippen molar-refractivity contribution < 1.29 is 4.74 Å². The van der Waals surface area contributed by atoms with Crippen LogP contribution < -0.4 is 10.0 Å². The molecule has 0 spiro atoms. The fraction of sp³-hybridized carbons (Fsp3) is 0.324. The summed E-state index contributed by atoms with van der Waals surface area (Å²) in [7, 11) is 0.595. The van der Waals surface area contributed by atoms with E-state index in [0.29, 0.717) is 21.1 Å². The summed E-state index contributed by atoms with van der Waals surface area (Å²) in [5, 5.41) is 1.36. The van der Waals surface area contributed by atoms with E-state index in [4.69, 9.17) is 9.73 Å². The molecule has 0 aliphatic heterocycles. The van der Waals surface area contributed by atoms with Gasteiger partial charge in [-0.1, -0.05) is 128 Å². The number of hydrogen-bond donors (Lipinski definition) is 0. The molecule has 0 fully saturated rings. The van der Waals surface area contributed by atoms with Gasteiger partial charge in [-0.2, -0.15) is 0 Å². The zero-order valence-corrected chi connectivity index (χ0v) is 25.8. The number of aryl methyl sites for hydroxylation is 1. The molecule has 0 saturated heterocycles. The summed E-state index contributed by atoms with van der Waals surface area (Å²) in [4.78, 5) is 4.83. The largest absolute Gasteiger partial charge is 0.488 e. The second-order valence-corrected chi connectivity index (χ2v) is 12.4. The van der Waals surface area contributed by atoms with E-state index in [1.807, 2.05) is 24.4 Å². The summed E-state index contributed by atoms with van der Waals surface area (Å²) in [5.41, 5.74) is 7.39. The smallest absolute Gasteiger partial charge is 0.127 e. The lowest BCUT2D eigenvalue weighted by Crippen LogP contribution is -2.25. The molecule has 0 heterocycles. The van der Waals surface area contributed by atoms with Gasteiger partial charge < -0.3 is 4.74 Å². The van der Waals surface area contributed by atoms with Crippen molar-refractivity contribution in [3.8, 4) is 5.75 Å². The number of aliphatic imine (C=N–C) groups is 1. The summed E-state index contributed by atoms with van der Waals surface area (Å²) >= 11 is 0. The van der Waals surface area contributed by atoms with Crippen LogP contribution in [0.15, 0.2) is 102 Å². The quantitative estimate of drug-likeness (QED) is 0.120. The van der Waals surface area contributed by atoms with Crippen molar-refractivity contribution >= 4 is 25.8 Å². The highest BCUT2D eigenvalue weighted by atomic mass is 31.1. The van der Waals surface area contributed by atoms with Crippen molar-refractivity contribution in [1.29, 1.82) is 0 Å². The Labute approximate surface area is 243 Å². The Morgan fingerprint density at radius 3 is 2.17 bits per heavy atom. The Morgan fingerprint density at radius 2 is 1.50 bits per heavy atom. The Morgan fingerprint density at radius 1 is 0.825 bits per heavy atom. The van der Waals surface area contributed by atoms with Crippen molar-refractivity contribution in [2.75, 3.05) is 0 Å². The van der Waals surface area contributed by atoms with Crippen LogP contribution in [0.5, 0.6) is 5.75 Å². The van der Waals surface area contributed by atoms with Gasteiger partial charge in [-0.3, -0.25) is 4.99 Å². The van der Waals surface area contributed by atoms with Gasteiger partial charge in [-0.25, -0.2) is 0 Å². The van der Waals surface area contributed by atoms with Crippen molar-refractivity contribution in [3.05, 3.63) is 125 Å². The fourth-order valence-electron chi connectivity index (χ4n) is 5.54. The molecule has 4 aromatic rings. The van der Waals surface area contributed by atoms with Gasteiger partial charge in [-0.05, 0) is 66.2 Å². The first-order valence-corrected chi connectivity index (χ1v) is 15.8. The fourth-order valence-corrected chi connectivity index (χ4v) is 7.28. The molecule has 0 aliphatic rings. The normalized spacial score (nSPS) is 12.8. The topological polar surface area (TPSA) is 21.6 Å². The molecule has 0 aliphatic carbocycles. The Hall–Kier alpha value is -3.22. The van der Waals surface area contributed by atoms with Gasteiger partial charge in [0.2, 0.25) is 0 Å². The predicted octanol–water partition coefficient (Wildman–Crippen LogP) is 10.2. The van der Waals surface area contributed by atoms with Crippen molar-refractivity contribution in [1.82, 2.24) is 0 Å². The van der Waals surface area contributed by atoms with Gasteiger partial charge >= 0.3 is 0 Å². The molecule has 4 aromatic carbocycles. The van der Waals surface area contributed by atoms with Crippen LogP contribution in [-0.2, 0) is 11.8 Å². The maximum atomic E-state index is 6.81. The maximum Gasteiger partial charge on any atom is 0.127 e. The standard InChI is InChI=1S/C37H44NOP/c1-6-17-28(4)33-24-16-25-34(35(33)39-27-30-19-11-9-12-20-30)37(7-2,8-3)40-36-29(5)18-15-21-31(36)26-38-32-22-13-10-14-23-32/h9-16,18-26,28,40H,6-8,17,27H2,1-5H3. The first kappa shape index (κ1) is 29.8. The molecule has 4 rings (SSSR count). The van der Waals surface area contributed by atoms with Crippen molar-refractivity contribution in [2.24, 2.45) is 4.99 Å². The molecule has 0 saturated carbocycles. The molecule has 208 valence electrons. The Kier molecular flexibility index (Phi) is 10.7. The molecular formula is C37H44NOP. The summed E-state index contributed by atoms with van der Waals surface area (Å²) in [6.07, 6.45) is 6.44. The molecule has 2 unspecified atom stereocenters. The summed E-state index contributed by atoms with van der Waals surface area (Å²) < 4.78 is 6.81. The number of para-hydroxylation sites is 2. The second kappa shape index (κ2) is 14.4. The molecular weight excluding hydrogens is 505 g/mol. The molecule has 0 bridgehead atoms. The van der Waals surface area contributed by atoms with Crippen molar-refractivity contribution in [2.45, 2.75) is 78.0 Å². The minimum absolute atomic E-state index is 0.0323. The van der Waals surface area contributed by atoms with E-state index in [1.165, 1.54) is 33.1 Å². The van der Waals surface area contributed by atoms with Crippen LogP contribution >= 0.6 is 8.58 Å². The van der Waals surface area contributed by atoms with Gasteiger partial charge in [0, 0.05) is 22.5 Å². The van der Waals surface area contributed by atoms with Crippen LogP contribution in [0.3, 0.4) is 0 Å². The second-order valence-electron chi connectivity index (χ2n) is 10.7. The molecule has 0 radical (unpaired) electrons. The first-order chi connectivity index (χ1) is 19.5. The summed E-state index contributed by atoms with van der Waals surface area (Å²) in [6, 6.07) is 34.2. The zero-order valence-electron chi connectivity index (χ0n) is 24.8. The van der Waals surface area contributed by atoms with Gasteiger partial charge in [0.05, 0.1) is 5.69 Å². The van der Waals surface area contributed by atoms with Crippen LogP contribution in [-0.4, -0.2) is 6.21 Å². The third-order valence-electron chi connectivity index (χ3n) is 8.02. The van der Waals surface area contributed by atoms with E-state index in [1.54, 1.807) is 0 Å². The van der Waals surface area contributed by atoms with Gasteiger partial charge in [0.1, 0.15) is 12.4 Å². The highest BCUT2D eigenvalue weighted by Gasteiger charge is 2.34. The average Bonchev–Trinajstić information content (AvgIpc) is 3.00. The number of benzene rings is 4. The van der Waals surface area contributed by atoms with E-state index >= 15 is 0 Å². The van der Waals surface area contributed by atoms with E-state index in [-0.39, 0.29) is 5.16 Å². The summed E-state index contributed by atoms with van der Waals surface area (Å²) in [5.74, 6) is 1.54. The lowest BCUT2D eigenvalue weighted by Gasteiger charge is -2.36. The first-order valence-electron chi connectivity index (χ1n) is 14.8. The monoisotopic (exact) mass is 549 g/mol. The van der Waals surface area contributed by atoms with E-state index in [9.17, 15) is 0 Å². The molecule has 2 atom stereocenters. The molecule has 3 heteroatoms. The minimum Gasteiger partial charge on any atom is -0.488 e. The Balaban J connectivity index is 1.79. The lowest BCUT2D eigenvalue weighted by molar-refractivity contribution is 0.293. The molecule has 2 nitrogen and oxygen atoms in total. The molecule has 0 N–H and O–H groups in total. The van der Waals surface area contributed by atoms with E-state index < -0.39 is 0 Å². The lowest BCUT2D eigenvalue weighted by atomic mass is 9.86. The van der Waals surface area contributed by atoms with E-state index in [2.05, 4.69) is 113 Å². The highest BCUT2D eigenvalue weighted by Crippen LogP contribution is 2.52. The predicted molar refractivity (Wildman–Crippen MR) is 176 cm³/mol. The van der Waals surface area contributed by atoms with Gasteiger partial charge in [0.25, 0.3) is 0 Å². The third kappa shape index (κ3) is 7.10. The summed E-state index contributed by atoms with van der Waals surface area (Å²) in [6.45, 7) is 12.1. The Bertz CT molecular complexity index is 1380. The average molecular weight is 550 g/mol. The molecule has 0 amide bonds. The van der Waals surface area contributed by atoms with Crippen LogP contribution in [0, 0.1) is 6.92 Å². The number of ether oxygens (including phenoxy) is 1. The van der Waals surface area contributed by atoms with Crippen LogP contribution in [0.4, 0.5) is 5.69 Å². The SMILES string of the molecule is CCCC(C)c1cccc(C(CC)(CC)Pc2c(C)cccc2C=Nc2ccccc2)c1OCc1ccccc1. The third-order valence-corrected chi connectivity index (χ3v) is 10.4. The van der Waals surface area contributed by atoms with E-state index in [0.717, 1.165) is 37.1 Å². The number of hydrogen-bond acceptors (Lipinski definition) is 2.